The SMILES string of the molecule is CC(CC(=O)O)Cc1nnc(C2COCCO2)o1. The van der Waals surface area contributed by atoms with Crippen LogP contribution in [0.3, 0.4) is 0 Å². The normalized spacial score (nSPS) is 21.7. The van der Waals surface area contributed by atoms with Gasteiger partial charge in [-0.25, -0.2) is 0 Å². The number of nitrogens with zero attached hydrogens (tertiary/aromatic N) is 2. The third kappa shape index (κ3) is 3.51. The second-order valence-corrected chi connectivity index (χ2v) is 4.38. The van der Waals surface area contributed by atoms with Gasteiger partial charge in [0.1, 0.15) is 0 Å². The average molecular weight is 256 g/mol. The van der Waals surface area contributed by atoms with Crippen molar-refractivity contribution in [1.29, 1.82) is 0 Å². The first-order chi connectivity index (χ1) is 8.65. The smallest absolute Gasteiger partial charge is 0.303 e. The Kier molecular flexibility index (Phi) is 4.27. The van der Waals surface area contributed by atoms with Crippen LogP contribution in [0.25, 0.3) is 0 Å². The van der Waals surface area contributed by atoms with Gasteiger partial charge >= 0.3 is 5.97 Å². The van der Waals surface area contributed by atoms with Crippen LogP contribution in [0.2, 0.25) is 0 Å². The zero-order valence-corrected chi connectivity index (χ0v) is 10.2. The van der Waals surface area contributed by atoms with Crippen molar-refractivity contribution >= 4 is 5.97 Å². The van der Waals surface area contributed by atoms with Crippen LogP contribution in [0.4, 0.5) is 0 Å². The molecular weight excluding hydrogens is 240 g/mol. The molecule has 0 saturated carbocycles. The summed E-state index contributed by atoms with van der Waals surface area (Å²) in [5.74, 6) is -0.0364. The van der Waals surface area contributed by atoms with Gasteiger partial charge in [0.15, 0.2) is 6.10 Å². The Morgan fingerprint density at radius 2 is 2.33 bits per heavy atom. The van der Waals surface area contributed by atoms with E-state index in [1.165, 1.54) is 0 Å². The van der Waals surface area contributed by atoms with Crippen LogP contribution in [0, 0.1) is 5.92 Å². The van der Waals surface area contributed by atoms with E-state index in [1.54, 1.807) is 0 Å². The van der Waals surface area contributed by atoms with Crippen LogP contribution in [0.1, 0.15) is 31.2 Å². The van der Waals surface area contributed by atoms with E-state index >= 15 is 0 Å². The minimum Gasteiger partial charge on any atom is -0.481 e. The molecule has 0 bridgehead atoms. The molecule has 1 fully saturated rings. The maximum Gasteiger partial charge on any atom is 0.303 e. The number of rotatable bonds is 5. The van der Waals surface area contributed by atoms with Gasteiger partial charge in [-0.1, -0.05) is 6.92 Å². The fraction of sp³-hybridized carbons (Fsp3) is 0.727. The van der Waals surface area contributed by atoms with Crippen LogP contribution in [-0.4, -0.2) is 41.1 Å². The van der Waals surface area contributed by atoms with Crippen LogP contribution < -0.4 is 0 Å². The highest BCUT2D eigenvalue weighted by Crippen LogP contribution is 2.20. The molecule has 1 aliphatic heterocycles. The lowest BCUT2D eigenvalue weighted by molar-refractivity contribution is -0.137. The number of carbonyl (C=O) groups is 1. The van der Waals surface area contributed by atoms with E-state index in [0.717, 1.165) is 0 Å². The summed E-state index contributed by atoms with van der Waals surface area (Å²) in [4.78, 5) is 10.5. The lowest BCUT2D eigenvalue weighted by Crippen LogP contribution is -2.22. The standard InChI is InChI=1S/C11H16N2O5/c1-7(5-10(14)15)4-9-12-13-11(18-9)8-6-16-2-3-17-8/h7-8H,2-6H2,1H3,(H,14,15). The quantitative estimate of drug-likeness (QED) is 0.832. The summed E-state index contributed by atoms with van der Waals surface area (Å²) >= 11 is 0. The van der Waals surface area contributed by atoms with E-state index in [2.05, 4.69) is 10.2 Å². The van der Waals surface area contributed by atoms with Gasteiger partial charge in [0.05, 0.1) is 19.8 Å². The highest BCUT2D eigenvalue weighted by Gasteiger charge is 2.23. The van der Waals surface area contributed by atoms with Crippen LogP contribution >= 0.6 is 0 Å². The molecule has 2 atom stereocenters. The zero-order chi connectivity index (χ0) is 13.0. The van der Waals surface area contributed by atoms with E-state index in [1.807, 2.05) is 6.92 Å². The second-order valence-electron chi connectivity index (χ2n) is 4.38. The fourth-order valence-electron chi connectivity index (χ4n) is 1.78. The van der Waals surface area contributed by atoms with E-state index in [0.29, 0.717) is 38.0 Å². The minimum absolute atomic E-state index is 0.0423. The largest absolute Gasteiger partial charge is 0.481 e. The fourth-order valence-corrected chi connectivity index (χ4v) is 1.78. The highest BCUT2D eigenvalue weighted by atomic mass is 16.6. The summed E-state index contributed by atoms with van der Waals surface area (Å²) in [6, 6.07) is 0. The van der Waals surface area contributed by atoms with E-state index < -0.39 is 5.97 Å². The van der Waals surface area contributed by atoms with Crippen molar-refractivity contribution in [2.75, 3.05) is 19.8 Å². The number of carboxylic acid groups (broad SMARTS) is 1. The van der Waals surface area contributed by atoms with Gasteiger partial charge in [-0.3, -0.25) is 4.79 Å². The molecule has 0 radical (unpaired) electrons. The van der Waals surface area contributed by atoms with Gasteiger partial charge in [-0.15, -0.1) is 10.2 Å². The molecule has 18 heavy (non-hydrogen) atoms. The zero-order valence-electron chi connectivity index (χ0n) is 10.2. The third-order valence-electron chi connectivity index (χ3n) is 2.62. The van der Waals surface area contributed by atoms with E-state index in [9.17, 15) is 4.79 Å². The molecule has 2 unspecified atom stereocenters. The van der Waals surface area contributed by atoms with Crippen molar-refractivity contribution in [3.05, 3.63) is 11.8 Å². The highest BCUT2D eigenvalue weighted by molar-refractivity contribution is 5.66. The predicted molar refractivity (Wildman–Crippen MR) is 58.9 cm³/mol. The van der Waals surface area contributed by atoms with Crippen molar-refractivity contribution < 1.29 is 23.8 Å². The Hall–Kier alpha value is -1.47. The molecule has 1 aliphatic rings. The molecule has 1 aromatic heterocycles. The van der Waals surface area contributed by atoms with Gasteiger partial charge in [0.25, 0.3) is 0 Å². The number of hydrogen-bond donors (Lipinski definition) is 1. The average Bonchev–Trinajstić information content (AvgIpc) is 2.77. The molecule has 7 nitrogen and oxygen atoms in total. The monoisotopic (exact) mass is 256 g/mol. The van der Waals surface area contributed by atoms with Gasteiger partial charge in [-0.05, 0) is 5.92 Å². The lowest BCUT2D eigenvalue weighted by Gasteiger charge is -2.19. The first kappa shape index (κ1) is 13.0. The van der Waals surface area contributed by atoms with Crippen LogP contribution in [0.15, 0.2) is 4.42 Å². The van der Waals surface area contributed by atoms with Gasteiger partial charge in [0, 0.05) is 12.8 Å². The first-order valence-corrected chi connectivity index (χ1v) is 5.88. The van der Waals surface area contributed by atoms with E-state index in [4.69, 9.17) is 19.0 Å². The van der Waals surface area contributed by atoms with Crippen molar-refractivity contribution in [2.24, 2.45) is 5.92 Å². The lowest BCUT2D eigenvalue weighted by atomic mass is 10.0. The molecule has 1 N–H and O–H groups in total. The molecular formula is C11H16N2O5. The summed E-state index contributed by atoms with van der Waals surface area (Å²) in [7, 11) is 0. The summed E-state index contributed by atoms with van der Waals surface area (Å²) in [5.41, 5.74) is 0. The van der Waals surface area contributed by atoms with Crippen LogP contribution in [-0.2, 0) is 20.7 Å². The molecule has 1 saturated heterocycles. The first-order valence-electron chi connectivity index (χ1n) is 5.88. The molecule has 1 aromatic rings. The Bertz CT molecular complexity index is 400. The third-order valence-corrected chi connectivity index (χ3v) is 2.62. The number of aromatic nitrogens is 2. The van der Waals surface area contributed by atoms with Crippen molar-refractivity contribution in [3.8, 4) is 0 Å². The number of aliphatic carboxylic acids is 1. The number of ether oxygens (including phenoxy) is 2. The molecule has 2 heterocycles. The topological polar surface area (TPSA) is 94.7 Å². The van der Waals surface area contributed by atoms with E-state index in [-0.39, 0.29) is 18.4 Å². The summed E-state index contributed by atoms with van der Waals surface area (Å²) in [5, 5.41) is 16.5. The number of hydrogen-bond acceptors (Lipinski definition) is 6. The second kappa shape index (κ2) is 5.92. The molecule has 0 aromatic carbocycles. The summed E-state index contributed by atoms with van der Waals surface area (Å²) in [6.07, 6.45) is 0.225. The van der Waals surface area contributed by atoms with Crippen molar-refractivity contribution in [3.63, 3.8) is 0 Å². The molecule has 2 rings (SSSR count). The Morgan fingerprint density at radius 1 is 1.50 bits per heavy atom. The van der Waals surface area contributed by atoms with Gasteiger partial charge in [-0.2, -0.15) is 0 Å². The Balaban J connectivity index is 1.91. The number of carboxylic acids is 1. The van der Waals surface area contributed by atoms with Crippen molar-refractivity contribution in [1.82, 2.24) is 10.2 Å². The van der Waals surface area contributed by atoms with Crippen LogP contribution in [0.5, 0.6) is 0 Å². The molecule has 0 spiro atoms. The maximum absolute atomic E-state index is 10.5. The Labute approximate surface area is 104 Å². The Morgan fingerprint density at radius 3 is 3.00 bits per heavy atom. The molecule has 100 valence electrons. The minimum atomic E-state index is -0.828. The van der Waals surface area contributed by atoms with Gasteiger partial charge < -0.3 is 19.0 Å². The van der Waals surface area contributed by atoms with Crippen molar-refractivity contribution in [2.45, 2.75) is 25.9 Å². The summed E-state index contributed by atoms with van der Waals surface area (Å²) in [6.45, 7) is 3.33. The van der Waals surface area contributed by atoms with Gasteiger partial charge in [0.2, 0.25) is 11.8 Å². The molecule has 7 heteroatoms. The molecule has 0 amide bonds. The predicted octanol–water partition coefficient (Wildman–Crippen LogP) is 0.811. The summed E-state index contributed by atoms with van der Waals surface area (Å²) < 4.78 is 16.1. The molecule has 0 aliphatic carbocycles. The maximum atomic E-state index is 10.5.